The maximum absolute atomic E-state index is 12.9. The molecule has 0 bridgehead atoms. The highest BCUT2D eigenvalue weighted by molar-refractivity contribution is 6.33. The van der Waals surface area contributed by atoms with Gasteiger partial charge in [0.25, 0.3) is 0 Å². The molecule has 144 valence electrons. The van der Waals surface area contributed by atoms with Crippen LogP contribution in [0.5, 0.6) is 5.75 Å². The molecule has 2 N–H and O–H groups in total. The quantitative estimate of drug-likeness (QED) is 0.525. The highest BCUT2D eigenvalue weighted by Gasteiger charge is 2.36. The van der Waals surface area contributed by atoms with Gasteiger partial charge in [0, 0.05) is 23.3 Å². The van der Waals surface area contributed by atoms with Gasteiger partial charge in [0.05, 0.1) is 23.1 Å². The lowest BCUT2D eigenvalue weighted by molar-refractivity contribution is -0.144. The molecule has 7 nitrogen and oxygen atoms in total. The van der Waals surface area contributed by atoms with Gasteiger partial charge in [-0.2, -0.15) is 13.2 Å². The molecule has 0 aliphatic heterocycles. The maximum atomic E-state index is 12.9. The summed E-state index contributed by atoms with van der Waals surface area (Å²) in [6.07, 6.45) is 2.27. The van der Waals surface area contributed by atoms with Gasteiger partial charge in [0.2, 0.25) is 5.82 Å². The predicted octanol–water partition coefficient (Wildman–Crippen LogP) is 4.35. The number of benzene rings is 1. The molecule has 0 unspecified atom stereocenters. The summed E-state index contributed by atoms with van der Waals surface area (Å²) in [5.41, 5.74) is 1.52. The molecular formula is C17H12ClF3N6O. The summed E-state index contributed by atoms with van der Waals surface area (Å²) in [7, 11) is 0. The number of hydrogen-bond acceptors (Lipinski definition) is 4. The molecule has 1 aliphatic rings. The van der Waals surface area contributed by atoms with Crippen molar-refractivity contribution in [2.24, 2.45) is 0 Å². The molecule has 0 amide bonds. The molecule has 3 heterocycles. The van der Waals surface area contributed by atoms with Crippen molar-refractivity contribution in [2.75, 3.05) is 0 Å². The number of aromatic nitrogens is 6. The van der Waals surface area contributed by atoms with Crippen LogP contribution in [-0.4, -0.2) is 35.8 Å². The Labute approximate surface area is 160 Å². The normalized spacial score (nSPS) is 14.7. The average molecular weight is 409 g/mol. The summed E-state index contributed by atoms with van der Waals surface area (Å²) in [4.78, 5) is 9.34. The van der Waals surface area contributed by atoms with Crippen LogP contribution in [0, 0.1) is 0 Å². The third-order valence-electron chi connectivity index (χ3n) is 4.40. The minimum Gasteiger partial charge on any atom is -0.489 e. The Morgan fingerprint density at radius 2 is 2.00 bits per heavy atom. The minimum atomic E-state index is -4.62. The number of ether oxygens (including phenoxy) is 1. The van der Waals surface area contributed by atoms with Crippen LogP contribution in [0.15, 0.2) is 30.9 Å². The summed E-state index contributed by atoms with van der Waals surface area (Å²) in [5, 5.41) is 8.00. The number of imidazole rings is 1. The van der Waals surface area contributed by atoms with E-state index in [9.17, 15) is 13.2 Å². The van der Waals surface area contributed by atoms with E-state index in [0.717, 1.165) is 12.8 Å². The molecule has 0 atom stereocenters. The zero-order chi connectivity index (χ0) is 19.5. The molecule has 1 aromatic carbocycles. The van der Waals surface area contributed by atoms with E-state index in [2.05, 4.69) is 25.1 Å². The molecule has 28 heavy (non-hydrogen) atoms. The van der Waals surface area contributed by atoms with Gasteiger partial charge in [0.1, 0.15) is 11.4 Å². The monoisotopic (exact) mass is 408 g/mol. The van der Waals surface area contributed by atoms with Crippen LogP contribution < -0.4 is 4.74 Å². The van der Waals surface area contributed by atoms with Crippen LogP contribution in [-0.2, 0) is 6.18 Å². The molecule has 4 aromatic rings. The van der Waals surface area contributed by atoms with Crippen molar-refractivity contribution in [1.29, 1.82) is 0 Å². The molecule has 11 heteroatoms. The van der Waals surface area contributed by atoms with Crippen LogP contribution in [0.3, 0.4) is 0 Å². The minimum absolute atomic E-state index is 0.0481. The van der Waals surface area contributed by atoms with E-state index >= 15 is 0 Å². The second-order valence-electron chi connectivity index (χ2n) is 6.48. The molecule has 3 aromatic heterocycles. The maximum Gasteiger partial charge on any atom is 0.451 e. The summed E-state index contributed by atoms with van der Waals surface area (Å²) in [6, 6.07) is 3.45. The van der Waals surface area contributed by atoms with Gasteiger partial charge in [-0.3, -0.25) is 0 Å². The van der Waals surface area contributed by atoms with E-state index in [0.29, 0.717) is 33.1 Å². The lowest BCUT2D eigenvalue weighted by atomic mass is 10.2. The first-order valence-electron chi connectivity index (χ1n) is 8.40. The molecule has 0 spiro atoms. The topological polar surface area (TPSA) is 84.4 Å². The van der Waals surface area contributed by atoms with Crippen LogP contribution in [0.25, 0.3) is 28.1 Å². The van der Waals surface area contributed by atoms with E-state index in [-0.39, 0.29) is 11.9 Å². The van der Waals surface area contributed by atoms with Crippen molar-refractivity contribution in [1.82, 2.24) is 29.7 Å². The molecule has 1 aliphatic carbocycles. The molecule has 0 saturated heterocycles. The van der Waals surface area contributed by atoms with Crippen LogP contribution in [0.4, 0.5) is 13.2 Å². The fraction of sp³-hybridized carbons (Fsp3) is 0.235. The van der Waals surface area contributed by atoms with E-state index in [1.54, 1.807) is 35.4 Å². The van der Waals surface area contributed by atoms with Gasteiger partial charge in [0.15, 0.2) is 5.82 Å². The van der Waals surface area contributed by atoms with Gasteiger partial charge in [-0.25, -0.2) is 4.98 Å². The predicted molar refractivity (Wildman–Crippen MR) is 94.5 cm³/mol. The lowest BCUT2D eigenvalue weighted by Gasteiger charge is -2.08. The standard InChI is InChI=1S/C17H12ClF3N6O/c18-10-6-11-9(5-12(10)28-8-1-2-8)14(27-4-3-22-7-27)13(23-11)15-24-16(26-25-15)17(19,20)21/h3-8,23H,1-2H2,(H,24,25,26). The number of H-pyrrole nitrogens is 2. The summed E-state index contributed by atoms with van der Waals surface area (Å²) < 4.78 is 46.3. The average Bonchev–Trinajstić information content (AvgIpc) is 3.06. The third kappa shape index (κ3) is 2.89. The van der Waals surface area contributed by atoms with Gasteiger partial charge in [-0.05, 0) is 25.0 Å². The van der Waals surface area contributed by atoms with Crippen molar-refractivity contribution in [2.45, 2.75) is 25.1 Å². The van der Waals surface area contributed by atoms with Crippen molar-refractivity contribution < 1.29 is 17.9 Å². The number of nitrogens with one attached hydrogen (secondary N) is 2. The number of rotatable bonds is 4. The molecule has 0 radical (unpaired) electrons. The van der Waals surface area contributed by atoms with Gasteiger partial charge in [-0.1, -0.05) is 11.6 Å². The number of fused-ring (bicyclic) bond motifs is 1. The largest absolute Gasteiger partial charge is 0.489 e. The second-order valence-corrected chi connectivity index (χ2v) is 6.89. The van der Waals surface area contributed by atoms with Gasteiger partial charge < -0.3 is 19.3 Å². The fourth-order valence-corrected chi connectivity index (χ4v) is 3.18. The summed E-state index contributed by atoms with van der Waals surface area (Å²) in [5.74, 6) is -0.696. The highest BCUT2D eigenvalue weighted by atomic mass is 35.5. The number of hydrogen-bond donors (Lipinski definition) is 2. The molecule has 5 rings (SSSR count). The Morgan fingerprint density at radius 1 is 1.18 bits per heavy atom. The Balaban J connectivity index is 1.72. The first-order valence-corrected chi connectivity index (χ1v) is 8.78. The fourth-order valence-electron chi connectivity index (χ4n) is 2.97. The lowest BCUT2D eigenvalue weighted by Crippen LogP contribution is -2.07. The third-order valence-corrected chi connectivity index (χ3v) is 4.69. The van der Waals surface area contributed by atoms with E-state index in [4.69, 9.17) is 16.3 Å². The van der Waals surface area contributed by atoms with Crippen molar-refractivity contribution in [3.8, 4) is 23.0 Å². The zero-order valence-electron chi connectivity index (χ0n) is 14.1. The number of nitrogens with zero attached hydrogens (tertiary/aromatic N) is 4. The summed E-state index contributed by atoms with van der Waals surface area (Å²) >= 11 is 6.32. The van der Waals surface area contributed by atoms with Crippen molar-refractivity contribution in [3.05, 3.63) is 41.7 Å². The Kier molecular flexibility index (Phi) is 3.66. The first kappa shape index (κ1) is 17.1. The number of alkyl halides is 3. The van der Waals surface area contributed by atoms with E-state index in [1.807, 2.05) is 0 Å². The molecular weight excluding hydrogens is 397 g/mol. The zero-order valence-corrected chi connectivity index (χ0v) is 14.8. The SMILES string of the molecule is FC(F)(F)c1nnc(-c2[nH]c3cc(Cl)c(OC4CC4)cc3c2-n2ccnc2)[nH]1. The first-order chi connectivity index (χ1) is 13.4. The van der Waals surface area contributed by atoms with Crippen LogP contribution in [0.2, 0.25) is 5.02 Å². The number of halogens is 4. The van der Waals surface area contributed by atoms with Gasteiger partial charge >= 0.3 is 6.18 Å². The van der Waals surface area contributed by atoms with Crippen LogP contribution >= 0.6 is 11.6 Å². The highest BCUT2D eigenvalue weighted by Crippen LogP contribution is 2.40. The van der Waals surface area contributed by atoms with E-state index in [1.165, 1.54) is 0 Å². The summed E-state index contributed by atoms with van der Waals surface area (Å²) in [6.45, 7) is 0. The second kappa shape index (κ2) is 5.99. The van der Waals surface area contributed by atoms with Gasteiger partial charge in [-0.15, -0.1) is 10.2 Å². The van der Waals surface area contributed by atoms with E-state index < -0.39 is 12.0 Å². The smallest absolute Gasteiger partial charge is 0.451 e. The molecule has 1 saturated carbocycles. The Bertz CT molecular complexity index is 1160. The number of aromatic amines is 2. The van der Waals surface area contributed by atoms with Crippen molar-refractivity contribution >= 4 is 22.5 Å². The van der Waals surface area contributed by atoms with Crippen LogP contribution in [0.1, 0.15) is 18.7 Å². The Hall–Kier alpha value is -3.01. The molecule has 1 fully saturated rings. The Morgan fingerprint density at radius 3 is 2.64 bits per heavy atom. The van der Waals surface area contributed by atoms with Crippen molar-refractivity contribution in [3.63, 3.8) is 0 Å².